The summed E-state index contributed by atoms with van der Waals surface area (Å²) in [5.74, 6) is 0.173. The zero-order chi connectivity index (χ0) is 16.1. The molecule has 2 N–H and O–H groups in total. The minimum absolute atomic E-state index is 0.233. The number of nitrogens with zero attached hydrogens (tertiary/aromatic N) is 3. The summed E-state index contributed by atoms with van der Waals surface area (Å²) in [5.41, 5.74) is 2.05. The number of nitrogens with one attached hydrogen (secondary N) is 2. The zero-order valence-corrected chi connectivity index (χ0v) is 12.4. The van der Waals surface area contributed by atoms with E-state index in [0.29, 0.717) is 18.1 Å². The molecular formula is C17H15N5O. The monoisotopic (exact) mass is 305 g/mol. The summed E-state index contributed by atoms with van der Waals surface area (Å²) in [6, 6.07) is 9.70. The maximum atomic E-state index is 11.8. The lowest BCUT2D eigenvalue weighted by Gasteiger charge is -2.08. The van der Waals surface area contributed by atoms with Crippen molar-refractivity contribution in [2.24, 2.45) is 0 Å². The van der Waals surface area contributed by atoms with Gasteiger partial charge in [-0.2, -0.15) is 0 Å². The highest BCUT2D eigenvalue weighted by Gasteiger charge is 2.07. The molecule has 0 radical (unpaired) electrons. The van der Waals surface area contributed by atoms with E-state index in [9.17, 15) is 4.79 Å². The quantitative estimate of drug-likeness (QED) is 0.708. The average Bonchev–Trinajstić information content (AvgIpc) is 2.60. The van der Waals surface area contributed by atoms with E-state index in [-0.39, 0.29) is 5.91 Å². The van der Waals surface area contributed by atoms with Crippen LogP contribution >= 0.6 is 0 Å². The molecule has 1 amide bonds. The molecule has 0 aliphatic carbocycles. The molecule has 6 heteroatoms. The van der Waals surface area contributed by atoms with Crippen molar-refractivity contribution in [3.05, 3.63) is 67.1 Å². The highest BCUT2D eigenvalue weighted by molar-refractivity contribution is 5.94. The van der Waals surface area contributed by atoms with Crippen LogP contribution in [0.5, 0.6) is 0 Å². The number of rotatable bonds is 5. The van der Waals surface area contributed by atoms with Gasteiger partial charge in [-0.15, -0.1) is 6.58 Å². The Labute approximate surface area is 133 Å². The first kappa shape index (κ1) is 14.6. The molecule has 0 aliphatic rings. The fourth-order valence-corrected chi connectivity index (χ4v) is 2.10. The van der Waals surface area contributed by atoms with Crippen LogP contribution in [0, 0.1) is 0 Å². The molecular weight excluding hydrogens is 290 g/mol. The number of hydrogen-bond donors (Lipinski definition) is 2. The number of para-hydroxylation sites is 1. The number of hydrogen-bond acceptors (Lipinski definition) is 5. The van der Waals surface area contributed by atoms with E-state index in [1.54, 1.807) is 12.3 Å². The summed E-state index contributed by atoms with van der Waals surface area (Å²) < 4.78 is 0. The van der Waals surface area contributed by atoms with E-state index >= 15 is 0 Å². The van der Waals surface area contributed by atoms with Crippen molar-refractivity contribution in [1.82, 2.24) is 20.3 Å². The summed E-state index contributed by atoms with van der Waals surface area (Å²) in [7, 11) is 0. The first-order valence-corrected chi connectivity index (χ1v) is 7.10. The predicted molar refractivity (Wildman–Crippen MR) is 89.6 cm³/mol. The van der Waals surface area contributed by atoms with E-state index in [2.05, 4.69) is 32.2 Å². The number of aromatic nitrogens is 3. The van der Waals surface area contributed by atoms with Crippen molar-refractivity contribution in [3.8, 4) is 0 Å². The SMILES string of the molecule is C=CCNC(=O)c1cnc(Nc2cccc3cccnc23)nc1. The maximum absolute atomic E-state index is 11.8. The van der Waals surface area contributed by atoms with Gasteiger partial charge in [0.05, 0.1) is 16.8 Å². The van der Waals surface area contributed by atoms with E-state index in [1.165, 1.54) is 12.4 Å². The third-order valence-electron chi connectivity index (χ3n) is 3.20. The van der Waals surface area contributed by atoms with Gasteiger partial charge in [-0.1, -0.05) is 24.3 Å². The largest absolute Gasteiger partial charge is 0.348 e. The number of amides is 1. The fourth-order valence-electron chi connectivity index (χ4n) is 2.10. The minimum atomic E-state index is -0.233. The van der Waals surface area contributed by atoms with Gasteiger partial charge < -0.3 is 10.6 Å². The molecule has 1 aromatic carbocycles. The molecule has 0 unspecified atom stereocenters. The van der Waals surface area contributed by atoms with Crippen LogP contribution in [0.1, 0.15) is 10.4 Å². The molecule has 0 atom stereocenters. The molecule has 0 saturated heterocycles. The van der Waals surface area contributed by atoms with Gasteiger partial charge in [0.2, 0.25) is 5.95 Å². The summed E-state index contributed by atoms with van der Waals surface area (Å²) in [6.45, 7) is 3.95. The van der Waals surface area contributed by atoms with Gasteiger partial charge >= 0.3 is 0 Å². The van der Waals surface area contributed by atoms with E-state index in [1.807, 2.05) is 30.3 Å². The second-order valence-corrected chi connectivity index (χ2v) is 4.80. The van der Waals surface area contributed by atoms with E-state index in [4.69, 9.17) is 0 Å². The highest BCUT2D eigenvalue weighted by Crippen LogP contribution is 2.22. The van der Waals surface area contributed by atoms with E-state index < -0.39 is 0 Å². The number of carbonyl (C=O) groups is 1. The number of pyridine rings is 1. The van der Waals surface area contributed by atoms with Crippen LogP contribution in [0.3, 0.4) is 0 Å². The molecule has 0 fully saturated rings. The molecule has 3 aromatic rings. The summed E-state index contributed by atoms with van der Waals surface area (Å²) in [6.07, 6.45) is 6.31. The predicted octanol–water partition coefficient (Wildman–Crippen LogP) is 2.68. The number of carbonyl (C=O) groups excluding carboxylic acids is 1. The van der Waals surface area contributed by atoms with Crippen molar-refractivity contribution in [3.63, 3.8) is 0 Å². The second kappa shape index (κ2) is 6.65. The number of fused-ring (bicyclic) bond motifs is 1. The average molecular weight is 305 g/mol. The van der Waals surface area contributed by atoms with Crippen LogP contribution in [0.25, 0.3) is 10.9 Å². The Morgan fingerprint density at radius 2 is 1.91 bits per heavy atom. The summed E-state index contributed by atoms with van der Waals surface area (Å²) >= 11 is 0. The molecule has 0 bridgehead atoms. The highest BCUT2D eigenvalue weighted by atomic mass is 16.1. The van der Waals surface area contributed by atoms with Crippen molar-refractivity contribution in [1.29, 1.82) is 0 Å². The van der Waals surface area contributed by atoms with Gasteiger partial charge in [0, 0.05) is 30.5 Å². The standard InChI is InChI=1S/C17H15N5O/c1-2-8-19-16(23)13-10-20-17(21-11-13)22-14-7-3-5-12-6-4-9-18-15(12)14/h2-7,9-11H,1,8H2,(H,19,23)(H,20,21,22). The molecule has 0 spiro atoms. The van der Waals surface area contributed by atoms with Crippen molar-refractivity contribution in [2.45, 2.75) is 0 Å². The zero-order valence-electron chi connectivity index (χ0n) is 12.4. The Hall–Kier alpha value is -3.28. The third-order valence-corrected chi connectivity index (χ3v) is 3.20. The van der Waals surface area contributed by atoms with Gasteiger partial charge in [-0.3, -0.25) is 9.78 Å². The Kier molecular flexibility index (Phi) is 4.24. The van der Waals surface area contributed by atoms with Gasteiger partial charge in [0.15, 0.2) is 0 Å². The maximum Gasteiger partial charge on any atom is 0.254 e. The third kappa shape index (κ3) is 3.32. The van der Waals surface area contributed by atoms with Gasteiger partial charge in [0.1, 0.15) is 0 Å². The van der Waals surface area contributed by atoms with Crippen LogP contribution in [-0.4, -0.2) is 27.4 Å². The van der Waals surface area contributed by atoms with Crippen molar-refractivity contribution >= 4 is 28.4 Å². The Balaban J connectivity index is 1.80. The van der Waals surface area contributed by atoms with Gasteiger partial charge in [-0.25, -0.2) is 9.97 Å². The first-order valence-electron chi connectivity index (χ1n) is 7.10. The summed E-state index contributed by atoms with van der Waals surface area (Å²) in [5, 5.41) is 6.82. The normalized spacial score (nSPS) is 10.3. The van der Waals surface area contributed by atoms with Crippen molar-refractivity contribution < 1.29 is 4.79 Å². The first-order chi connectivity index (χ1) is 11.3. The van der Waals surface area contributed by atoms with Crippen molar-refractivity contribution in [2.75, 3.05) is 11.9 Å². The molecule has 3 rings (SSSR count). The molecule has 114 valence electrons. The smallest absolute Gasteiger partial charge is 0.254 e. The Morgan fingerprint density at radius 3 is 2.70 bits per heavy atom. The Bertz CT molecular complexity index is 840. The Morgan fingerprint density at radius 1 is 1.13 bits per heavy atom. The lowest BCUT2D eigenvalue weighted by molar-refractivity contribution is 0.0957. The van der Waals surface area contributed by atoms with E-state index in [0.717, 1.165) is 16.6 Å². The lowest BCUT2D eigenvalue weighted by Crippen LogP contribution is -2.23. The summed E-state index contributed by atoms with van der Waals surface area (Å²) in [4.78, 5) is 24.5. The second-order valence-electron chi connectivity index (χ2n) is 4.80. The number of anilines is 2. The van der Waals surface area contributed by atoms with Crippen LogP contribution in [-0.2, 0) is 0 Å². The van der Waals surface area contributed by atoms with Crippen LogP contribution in [0.2, 0.25) is 0 Å². The van der Waals surface area contributed by atoms with Gasteiger partial charge in [0.25, 0.3) is 5.91 Å². The molecule has 0 aliphatic heterocycles. The van der Waals surface area contributed by atoms with Crippen LogP contribution in [0.4, 0.5) is 11.6 Å². The molecule has 6 nitrogen and oxygen atoms in total. The minimum Gasteiger partial charge on any atom is -0.348 e. The van der Waals surface area contributed by atoms with Crippen LogP contribution < -0.4 is 10.6 Å². The molecule has 2 heterocycles. The lowest BCUT2D eigenvalue weighted by atomic mass is 10.2. The molecule has 0 saturated carbocycles. The fraction of sp³-hybridized carbons (Fsp3) is 0.0588. The molecule has 2 aromatic heterocycles. The van der Waals surface area contributed by atoms with Crippen LogP contribution in [0.15, 0.2) is 61.6 Å². The topological polar surface area (TPSA) is 79.8 Å². The van der Waals surface area contributed by atoms with Gasteiger partial charge in [-0.05, 0) is 12.1 Å². The number of benzene rings is 1. The molecule has 23 heavy (non-hydrogen) atoms.